The van der Waals surface area contributed by atoms with Gasteiger partial charge in [-0.1, -0.05) is 12.1 Å². The molecule has 140 valence electrons. The maximum absolute atomic E-state index is 12.1. The summed E-state index contributed by atoms with van der Waals surface area (Å²) in [5.41, 5.74) is 1.86. The predicted molar refractivity (Wildman–Crippen MR) is 101 cm³/mol. The molecule has 0 unspecified atom stereocenters. The molecule has 8 nitrogen and oxygen atoms in total. The second-order valence-corrected chi connectivity index (χ2v) is 6.37. The van der Waals surface area contributed by atoms with Crippen LogP contribution < -0.4 is 16.0 Å². The second-order valence-electron chi connectivity index (χ2n) is 6.37. The number of hydrogen-bond donors (Lipinski definition) is 3. The molecule has 1 saturated carbocycles. The number of nitrogens with one attached hydrogen (secondary N) is 3. The Balaban J connectivity index is 1.70. The Bertz CT molecular complexity index is 876. The molecule has 3 N–H and O–H groups in total. The van der Waals surface area contributed by atoms with Crippen molar-refractivity contribution in [3.63, 3.8) is 0 Å². The molecule has 2 amide bonds. The number of carbonyl (C=O) groups is 2. The largest absolute Gasteiger partial charge is 0.375 e. The summed E-state index contributed by atoms with van der Waals surface area (Å²) in [5, 5.41) is 19.8. The zero-order chi connectivity index (χ0) is 19.4. The van der Waals surface area contributed by atoms with Gasteiger partial charge in [0.25, 0.3) is 17.5 Å². The van der Waals surface area contributed by atoms with E-state index in [1.54, 1.807) is 43.4 Å². The molecule has 8 heteroatoms. The minimum Gasteiger partial charge on any atom is -0.375 e. The van der Waals surface area contributed by atoms with Crippen LogP contribution in [-0.2, 0) is 6.54 Å². The van der Waals surface area contributed by atoms with E-state index in [2.05, 4.69) is 16.0 Å². The highest BCUT2D eigenvalue weighted by Crippen LogP contribution is 2.27. The van der Waals surface area contributed by atoms with Gasteiger partial charge in [-0.25, -0.2) is 0 Å². The first-order valence-corrected chi connectivity index (χ1v) is 8.62. The van der Waals surface area contributed by atoms with Crippen molar-refractivity contribution in [1.29, 1.82) is 0 Å². The van der Waals surface area contributed by atoms with Crippen molar-refractivity contribution in [3.8, 4) is 0 Å². The highest BCUT2D eigenvalue weighted by atomic mass is 16.6. The van der Waals surface area contributed by atoms with Crippen LogP contribution in [0.2, 0.25) is 0 Å². The van der Waals surface area contributed by atoms with E-state index >= 15 is 0 Å². The Labute approximate surface area is 156 Å². The third kappa shape index (κ3) is 4.60. The van der Waals surface area contributed by atoms with Crippen LogP contribution in [-0.4, -0.2) is 29.8 Å². The number of hydrogen-bond acceptors (Lipinski definition) is 5. The summed E-state index contributed by atoms with van der Waals surface area (Å²) in [6.45, 7) is 0.350. The Hall–Kier alpha value is -3.42. The topological polar surface area (TPSA) is 113 Å². The second kappa shape index (κ2) is 7.86. The van der Waals surface area contributed by atoms with E-state index in [1.165, 1.54) is 6.07 Å². The Kier molecular flexibility index (Phi) is 5.35. The van der Waals surface area contributed by atoms with Gasteiger partial charge in [0.05, 0.1) is 4.92 Å². The van der Waals surface area contributed by atoms with Crippen molar-refractivity contribution in [2.45, 2.75) is 25.4 Å². The molecule has 3 rings (SSSR count). The number of carbonyl (C=O) groups excluding carboxylic acids is 2. The molecular formula is C19H20N4O4. The lowest BCUT2D eigenvalue weighted by molar-refractivity contribution is -0.384. The maximum atomic E-state index is 12.1. The van der Waals surface area contributed by atoms with Gasteiger partial charge in [-0.3, -0.25) is 19.7 Å². The van der Waals surface area contributed by atoms with E-state index in [0.29, 0.717) is 17.8 Å². The van der Waals surface area contributed by atoms with Crippen LogP contribution in [0, 0.1) is 10.1 Å². The Morgan fingerprint density at radius 1 is 1.07 bits per heavy atom. The first kappa shape index (κ1) is 18.4. The standard InChI is InChI=1S/C19H20N4O4/c1-20-18(24)13-4-2-12(3-5-13)11-21-16-9-6-14(10-17(16)23(26)27)19(25)22-15-7-8-15/h2-6,9-10,15,21H,7-8,11H2,1H3,(H,20,24)(H,22,25). The monoisotopic (exact) mass is 368 g/mol. The normalized spacial score (nSPS) is 12.9. The molecule has 0 aromatic heterocycles. The average Bonchev–Trinajstić information content (AvgIpc) is 3.49. The number of nitro groups is 1. The number of rotatable bonds is 7. The number of amides is 2. The van der Waals surface area contributed by atoms with Crippen molar-refractivity contribution in [1.82, 2.24) is 10.6 Å². The van der Waals surface area contributed by atoms with Gasteiger partial charge in [0.2, 0.25) is 0 Å². The molecule has 1 aliphatic carbocycles. The van der Waals surface area contributed by atoms with Crippen molar-refractivity contribution in [3.05, 3.63) is 69.3 Å². The molecule has 0 saturated heterocycles. The fourth-order valence-corrected chi connectivity index (χ4v) is 2.59. The zero-order valence-electron chi connectivity index (χ0n) is 14.8. The lowest BCUT2D eigenvalue weighted by atomic mass is 10.1. The van der Waals surface area contributed by atoms with Crippen LogP contribution in [0.5, 0.6) is 0 Å². The summed E-state index contributed by atoms with van der Waals surface area (Å²) in [5.74, 6) is -0.470. The van der Waals surface area contributed by atoms with Crippen LogP contribution in [0.15, 0.2) is 42.5 Å². The van der Waals surface area contributed by atoms with E-state index < -0.39 is 4.92 Å². The van der Waals surface area contributed by atoms with Gasteiger partial charge < -0.3 is 16.0 Å². The maximum Gasteiger partial charge on any atom is 0.293 e. The first-order valence-electron chi connectivity index (χ1n) is 8.62. The van der Waals surface area contributed by atoms with Crippen LogP contribution in [0.25, 0.3) is 0 Å². The minimum atomic E-state index is -0.509. The van der Waals surface area contributed by atoms with Gasteiger partial charge in [-0.05, 0) is 42.7 Å². The fraction of sp³-hybridized carbons (Fsp3) is 0.263. The summed E-state index contributed by atoms with van der Waals surface area (Å²) in [6, 6.07) is 11.5. The van der Waals surface area contributed by atoms with Gasteiger partial charge in [-0.2, -0.15) is 0 Å². The van der Waals surface area contributed by atoms with Crippen molar-refractivity contribution in [2.24, 2.45) is 0 Å². The summed E-state index contributed by atoms with van der Waals surface area (Å²) >= 11 is 0. The minimum absolute atomic E-state index is 0.152. The summed E-state index contributed by atoms with van der Waals surface area (Å²) in [6.07, 6.45) is 1.90. The van der Waals surface area contributed by atoms with Gasteiger partial charge >= 0.3 is 0 Å². The molecule has 0 spiro atoms. The van der Waals surface area contributed by atoms with Crippen molar-refractivity contribution in [2.75, 3.05) is 12.4 Å². The lowest BCUT2D eigenvalue weighted by Crippen LogP contribution is -2.25. The number of anilines is 1. The number of nitro benzene ring substituents is 1. The third-order valence-corrected chi connectivity index (χ3v) is 4.30. The summed E-state index contributed by atoms with van der Waals surface area (Å²) in [4.78, 5) is 34.5. The summed E-state index contributed by atoms with van der Waals surface area (Å²) in [7, 11) is 1.56. The van der Waals surface area contributed by atoms with E-state index in [9.17, 15) is 19.7 Å². The zero-order valence-corrected chi connectivity index (χ0v) is 14.8. The lowest BCUT2D eigenvalue weighted by Gasteiger charge is -2.10. The molecule has 0 atom stereocenters. The third-order valence-electron chi connectivity index (χ3n) is 4.30. The van der Waals surface area contributed by atoms with Crippen LogP contribution in [0.4, 0.5) is 11.4 Å². The molecule has 27 heavy (non-hydrogen) atoms. The quantitative estimate of drug-likeness (QED) is 0.513. The van der Waals surface area contributed by atoms with Crippen molar-refractivity contribution >= 4 is 23.2 Å². The molecular weight excluding hydrogens is 348 g/mol. The molecule has 0 radical (unpaired) electrons. The molecule has 0 heterocycles. The van der Waals surface area contributed by atoms with E-state index in [4.69, 9.17) is 0 Å². The molecule has 2 aromatic carbocycles. The molecule has 1 aliphatic rings. The first-order chi connectivity index (χ1) is 13.0. The smallest absolute Gasteiger partial charge is 0.293 e. The van der Waals surface area contributed by atoms with E-state index in [0.717, 1.165) is 18.4 Å². The highest BCUT2D eigenvalue weighted by Gasteiger charge is 2.25. The van der Waals surface area contributed by atoms with Gasteiger partial charge in [-0.15, -0.1) is 0 Å². The molecule has 0 bridgehead atoms. The fourth-order valence-electron chi connectivity index (χ4n) is 2.59. The van der Waals surface area contributed by atoms with Crippen molar-refractivity contribution < 1.29 is 14.5 Å². The van der Waals surface area contributed by atoms with Crippen LogP contribution in [0.1, 0.15) is 39.1 Å². The molecule has 2 aromatic rings. The summed E-state index contributed by atoms with van der Waals surface area (Å²) < 4.78 is 0. The van der Waals surface area contributed by atoms with E-state index in [1.807, 2.05) is 0 Å². The van der Waals surface area contributed by atoms with Crippen LogP contribution in [0.3, 0.4) is 0 Å². The molecule has 1 fully saturated rings. The predicted octanol–water partition coefficient (Wildman–Crippen LogP) is 2.46. The Morgan fingerprint density at radius 2 is 1.74 bits per heavy atom. The van der Waals surface area contributed by atoms with Gasteiger partial charge in [0, 0.05) is 36.8 Å². The van der Waals surface area contributed by atoms with Gasteiger partial charge in [0.1, 0.15) is 5.69 Å². The van der Waals surface area contributed by atoms with Crippen LogP contribution >= 0.6 is 0 Å². The van der Waals surface area contributed by atoms with Gasteiger partial charge in [0.15, 0.2) is 0 Å². The van der Waals surface area contributed by atoms with E-state index in [-0.39, 0.29) is 29.1 Å². The number of benzene rings is 2. The molecule has 0 aliphatic heterocycles. The SMILES string of the molecule is CNC(=O)c1ccc(CNc2ccc(C(=O)NC3CC3)cc2[N+](=O)[O-])cc1. The average molecular weight is 368 g/mol. The highest BCUT2D eigenvalue weighted by molar-refractivity contribution is 5.96. The number of nitrogens with zero attached hydrogens (tertiary/aromatic N) is 1. The Morgan fingerprint density at radius 3 is 2.33 bits per heavy atom.